The standard InChI is InChI=1S/C7H12O2/c1-2-8-7-5-3-4-6-9-7/h5H,2-4,6H2,1H3. The third-order valence-corrected chi connectivity index (χ3v) is 1.19. The smallest absolute Gasteiger partial charge is 0.274 e. The van der Waals surface area contributed by atoms with Gasteiger partial charge >= 0.3 is 0 Å². The second kappa shape index (κ2) is 3.38. The van der Waals surface area contributed by atoms with Crippen LogP contribution < -0.4 is 0 Å². The number of allylic oxidation sites excluding steroid dienone is 1. The normalized spacial score (nSPS) is 18.1. The van der Waals surface area contributed by atoms with Gasteiger partial charge in [-0.2, -0.15) is 0 Å². The Morgan fingerprint density at radius 3 is 3.22 bits per heavy atom. The minimum Gasteiger partial charge on any atom is -0.466 e. The first-order chi connectivity index (χ1) is 4.43. The molecule has 1 heterocycles. The molecule has 0 amide bonds. The topological polar surface area (TPSA) is 18.5 Å². The van der Waals surface area contributed by atoms with Crippen LogP contribution in [0, 0.1) is 0 Å². The average Bonchev–Trinajstić information content (AvgIpc) is 1.91. The third kappa shape index (κ3) is 1.96. The first-order valence-corrected chi connectivity index (χ1v) is 3.39. The molecule has 0 spiro atoms. The molecule has 0 unspecified atom stereocenters. The molecule has 0 fully saturated rings. The summed E-state index contributed by atoms with van der Waals surface area (Å²) in [5.74, 6) is 0.712. The van der Waals surface area contributed by atoms with Gasteiger partial charge < -0.3 is 9.47 Å². The molecule has 0 aromatic heterocycles. The van der Waals surface area contributed by atoms with Gasteiger partial charge in [0.1, 0.15) is 0 Å². The molecule has 2 heteroatoms. The van der Waals surface area contributed by atoms with Crippen LogP contribution in [0.5, 0.6) is 0 Å². The molecule has 0 N–H and O–H groups in total. The summed E-state index contributed by atoms with van der Waals surface area (Å²) >= 11 is 0. The van der Waals surface area contributed by atoms with Gasteiger partial charge in [0.2, 0.25) is 0 Å². The molecular weight excluding hydrogens is 116 g/mol. The SMILES string of the molecule is CCOC1=CCCCO1. The van der Waals surface area contributed by atoms with E-state index in [9.17, 15) is 0 Å². The predicted octanol–water partition coefficient (Wildman–Crippen LogP) is 1.67. The minimum atomic E-state index is 0.700. The average molecular weight is 128 g/mol. The van der Waals surface area contributed by atoms with Crippen molar-refractivity contribution >= 4 is 0 Å². The van der Waals surface area contributed by atoms with E-state index in [-0.39, 0.29) is 0 Å². The number of ether oxygens (including phenoxy) is 2. The van der Waals surface area contributed by atoms with E-state index in [4.69, 9.17) is 9.47 Å². The lowest BCUT2D eigenvalue weighted by atomic mass is 10.3. The van der Waals surface area contributed by atoms with E-state index in [1.165, 1.54) is 0 Å². The fourth-order valence-electron chi connectivity index (χ4n) is 0.778. The number of hydrogen-bond acceptors (Lipinski definition) is 2. The molecule has 1 aliphatic rings. The molecule has 1 rings (SSSR count). The van der Waals surface area contributed by atoms with Crippen molar-refractivity contribution in [2.45, 2.75) is 19.8 Å². The van der Waals surface area contributed by atoms with Gasteiger partial charge in [0.05, 0.1) is 13.2 Å². The van der Waals surface area contributed by atoms with E-state index >= 15 is 0 Å². The largest absolute Gasteiger partial charge is 0.466 e. The Bertz CT molecular complexity index is 107. The monoisotopic (exact) mass is 128 g/mol. The molecule has 0 aliphatic carbocycles. The van der Waals surface area contributed by atoms with E-state index in [1.54, 1.807) is 0 Å². The molecule has 0 aromatic rings. The van der Waals surface area contributed by atoms with Crippen LogP contribution in [-0.4, -0.2) is 13.2 Å². The van der Waals surface area contributed by atoms with Crippen LogP contribution in [0.15, 0.2) is 12.0 Å². The van der Waals surface area contributed by atoms with Gasteiger partial charge in [-0.3, -0.25) is 0 Å². The van der Waals surface area contributed by atoms with E-state index in [0.29, 0.717) is 12.6 Å². The van der Waals surface area contributed by atoms with Crippen molar-refractivity contribution in [3.05, 3.63) is 12.0 Å². The minimum absolute atomic E-state index is 0.700. The van der Waals surface area contributed by atoms with E-state index in [2.05, 4.69) is 0 Å². The van der Waals surface area contributed by atoms with Crippen LogP contribution in [0.1, 0.15) is 19.8 Å². The molecule has 1 aliphatic heterocycles. The van der Waals surface area contributed by atoms with Crippen molar-refractivity contribution in [2.24, 2.45) is 0 Å². The Kier molecular flexibility index (Phi) is 2.43. The zero-order valence-electron chi connectivity index (χ0n) is 5.72. The van der Waals surface area contributed by atoms with Gasteiger partial charge in [0.25, 0.3) is 5.95 Å². The first kappa shape index (κ1) is 6.46. The van der Waals surface area contributed by atoms with Crippen LogP contribution in [0.4, 0.5) is 0 Å². The van der Waals surface area contributed by atoms with E-state index in [1.807, 2.05) is 13.0 Å². The lowest BCUT2D eigenvalue weighted by Gasteiger charge is -2.13. The summed E-state index contributed by atoms with van der Waals surface area (Å²) in [6, 6.07) is 0. The Hall–Kier alpha value is -0.660. The first-order valence-electron chi connectivity index (χ1n) is 3.39. The summed E-state index contributed by atoms with van der Waals surface area (Å²) in [6.45, 7) is 3.47. The summed E-state index contributed by atoms with van der Waals surface area (Å²) in [6.07, 6.45) is 4.21. The summed E-state index contributed by atoms with van der Waals surface area (Å²) in [5.41, 5.74) is 0. The Morgan fingerprint density at radius 1 is 1.78 bits per heavy atom. The van der Waals surface area contributed by atoms with Crippen LogP contribution in [-0.2, 0) is 9.47 Å². The fraction of sp³-hybridized carbons (Fsp3) is 0.714. The maximum atomic E-state index is 5.16. The van der Waals surface area contributed by atoms with E-state index < -0.39 is 0 Å². The molecule has 0 aromatic carbocycles. The van der Waals surface area contributed by atoms with Crippen LogP contribution in [0.25, 0.3) is 0 Å². The quantitative estimate of drug-likeness (QED) is 0.563. The maximum absolute atomic E-state index is 5.16. The molecular formula is C7H12O2. The summed E-state index contributed by atoms with van der Waals surface area (Å²) in [7, 11) is 0. The predicted molar refractivity (Wildman–Crippen MR) is 34.9 cm³/mol. The van der Waals surface area contributed by atoms with Crippen molar-refractivity contribution in [1.29, 1.82) is 0 Å². The van der Waals surface area contributed by atoms with Crippen LogP contribution in [0.3, 0.4) is 0 Å². The van der Waals surface area contributed by atoms with Gasteiger partial charge in [-0.15, -0.1) is 0 Å². The van der Waals surface area contributed by atoms with Gasteiger partial charge in [-0.05, 0) is 25.8 Å². The van der Waals surface area contributed by atoms with Crippen LogP contribution >= 0.6 is 0 Å². The number of hydrogen-bond donors (Lipinski definition) is 0. The second-order valence-electron chi connectivity index (χ2n) is 1.95. The maximum Gasteiger partial charge on any atom is 0.274 e. The Morgan fingerprint density at radius 2 is 2.67 bits per heavy atom. The highest BCUT2D eigenvalue weighted by molar-refractivity contribution is 4.86. The summed E-state index contributed by atoms with van der Waals surface area (Å²) in [5, 5.41) is 0. The molecule has 0 atom stereocenters. The zero-order chi connectivity index (χ0) is 6.53. The van der Waals surface area contributed by atoms with Crippen LogP contribution in [0.2, 0.25) is 0 Å². The summed E-state index contributed by atoms with van der Waals surface area (Å²) in [4.78, 5) is 0. The molecule has 0 saturated carbocycles. The highest BCUT2D eigenvalue weighted by Crippen LogP contribution is 2.09. The molecule has 0 radical (unpaired) electrons. The lowest BCUT2D eigenvalue weighted by Crippen LogP contribution is -2.03. The van der Waals surface area contributed by atoms with Crippen molar-refractivity contribution in [3.63, 3.8) is 0 Å². The Labute approximate surface area is 55.5 Å². The van der Waals surface area contributed by atoms with E-state index in [0.717, 1.165) is 19.4 Å². The van der Waals surface area contributed by atoms with Crippen molar-refractivity contribution < 1.29 is 9.47 Å². The van der Waals surface area contributed by atoms with Crippen molar-refractivity contribution in [3.8, 4) is 0 Å². The summed E-state index contributed by atoms with van der Waals surface area (Å²) < 4.78 is 10.3. The highest BCUT2D eigenvalue weighted by Gasteiger charge is 2.02. The van der Waals surface area contributed by atoms with Gasteiger partial charge in [0, 0.05) is 0 Å². The number of rotatable bonds is 2. The lowest BCUT2D eigenvalue weighted by molar-refractivity contribution is 0.0301. The Balaban J connectivity index is 2.28. The van der Waals surface area contributed by atoms with Gasteiger partial charge in [-0.25, -0.2) is 0 Å². The molecule has 9 heavy (non-hydrogen) atoms. The zero-order valence-corrected chi connectivity index (χ0v) is 5.72. The fourth-order valence-corrected chi connectivity index (χ4v) is 0.778. The second-order valence-corrected chi connectivity index (χ2v) is 1.95. The molecule has 0 bridgehead atoms. The van der Waals surface area contributed by atoms with Crippen molar-refractivity contribution in [2.75, 3.05) is 13.2 Å². The van der Waals surface area contributed by atoms with Gasteiger partial charge in [-0.1, -0.05) is 0 Å². The van der Waals surface area contributed by atoms with Gasteiger partial charge in [0.15, 0.2) is 0 Å². The molecule has 0 saturated heterocycles. The molecule has 52 valence electrons. The third-order valence-electron chi connectivity index (χ3n) is 1.19. The highest BCUT2D eigenvalue weighted by atomic mass is 16.7. The molecule has 2 nitrogen and oxygen atoms in total. The van der Waals surface area contributed by atoms with Crippen molar-refractivity contribution in [1.82, 2.24) is 0 Å².